The molecule has 0 amide bonds. The Labute approximate surface area is 199 Å². The van der Waals surface area contributed by atoms with Gasteiger partial charge in [0, 0.05) is 18.7 Å². The number of phenols is 4. The highest BCUT2D eigenvalue weighted by Crippen LogP contribution is 2.46. The summed E-state index contributed by atoms with van der Waals surface area (Å²) in [7, 11) is 1.34. The fourth-order valence-corrected chi connectivity index (χ4v) is 3.80. The Kier molecular flexibility index (Phi) is 6.10. The largest absolute Gasteiger partial charge is 0.504 e. The Morgan fingerprint density at radius 2 is 1.57 bits per heavy atom. The molecular weight excluding hydrogens is 456 g/mol. The summed E-state index contributed by atoms with van der Waals surface area (Å²) in [5.41, 5.74) is 0.502. The van der Waals surface area contributed by atoms with Crippen molar-refractivity contribution in [1.29, 1.82) is 0 Å². The van der Waals surface area contributed by atoms with Gasteiger partial charge in [-0.3, -0.25) is 4.79 Å². The molecule has 1 unspecified atom stereocenters. The van der Waals surface area contributed by atoms with E-state index >= 15 is 0 Å². The number of rotatable bonds is 6. The number of benzene rings is 2. The fourth-order valence-electron chi connectivity index (χ4n) is 3.80. The summed E-state index contributed by atoms with van der Waals surface area (Å²) < 4.78 is 17.1. The van der Waals surface area contributed by atoms with Crippen molar-refractivity contribution < 1.29 is 39.1 Å². The number of phenolic OH excluding ortho intramolecular Hbond substituents is 4. The van der Waals surface area contributed by atoms with Crippen LogP contribution in [0.3, 0.4) is 0 Å². The maximum absolute atomic E-state index is 13.0. The van der Waals surface area contributed by atoms with Gasteiger partial charge < -0.3 is 34.3 Å². The van der Waals surface area contributed by atoms with Crippen LogP contribution in [0.5, 0.6) is 28.7 Å². The predicted molar refractivity (Wildman–Crippen MR) is 127 cm³/mol. The van der Waals surface area contributed by atoms with Gasteiger partial charge in [-0.15, -0.1) is 0 Å². The molecule has 0 saturated heterocycles. The molecule has 0 fully saturated rings. The molecule has 2 heterocycles. The van der Waals surface area contributed by atoms with Gasteiger partial charge in [-0.2, -0.15) is 0 Å². The molecule has 4 N–H and O–H groups in total. The quantitative estimate of drug-likeness (QED) is 0.387. The van der Waals surface area contributed by atoms with Gasteiger partial charge in [0.2, 0.25) is 5.79 Å². The van der Waals surface area contributed by atoms with E-state index in [0.717, 1.165) is 0 Å². The Hall–Kier alpha value is -4.50. The Morgan fingerprint density at radius 1 is 0.943 bits per heavy atom. The molecule has 1 aliphatic heterocycles. The average molecular weight is 478 g/mol. The van der Waals surface area contributed by atoms with Crippen molar-refractivity contribution in [3.8, 4) is 28.7 Å². The van der Waals surface area contributed by atoms with Crippen molar-refractivity contribution in [2.75, 3.05) is 7.11 Å². The molecule has 0 bridgehead atoms. The first-order valence-electron chi connectivity index (χ1n) is 10.5. The van der Waals surface area contributed by atoms with Crippen LogP contribution in [0.25, 0.3) is 23.8 Å². The third-order valence-corrected chi connectivity index (χ3v) is 5.45. The summed E-state index contributed by atoms with van der Waals surface area (Å²) in [4.78, 5) is 25.1. The molecule has 9 nitrogen and oxygen atoms in total. The van der Waals surface area contributed by atoms with Crippen molar-refractivity contribution in [2.24, 2.45) is 0 Å². The van der Waals surface area contributed by atoms with Crippen LogP contribution < -0.4 is 10.4 Å². The average Bonchev–Trinajstić information content (AvgIpc) is 3.10. The maximum Gasteiger partial charge on any atom is 0.347 e. The topological polar surface area (TPSA) is 147 Å². The molecule has 0 spiro atoms. The molecule has 0 radical (unpaired) electrons. The summed E-state index contributed by atoms with van der Waals surface area (Å²) in [6.07, 6.45) is 4.36. The smallest absolute Gasteiger partial charge is 0.347 e. The number of carbonyl (C=O) groups is 1. The number of ether oxygens (including phenoxy) is 2. The van der Waals surface area contributed by atoms with E-state index in [1.165, 1.54) is 62.6 Å². The van der Waals surface area contributed by atoms with E-state index < -0.39 is 11.4 Å². The molecule has 0 saturated carbocycles. The van der Waals surface area contributed by atoms with Crippen LogP contribution in [0.15, 0.2) is 51.7 Å². The predicted octanol–water partition coefficient (Wildman–Crippen LogP) is 3.89. The second kappa shape index (κ2) is 9.03. The zero-order valence-electron chi connectivity index (χ0n) is 18.8. The van der Waals surface area contributed by atoms with Crippen molar-refractivity contribution in [2.45, 2.75) is 19.1 Å². The highest BCUT2D eigenvalue weighted by Gasteiger charge is 2.48. The first-order valence-corrected chi connectivity index (χ1v) is 10.5. The van der Waals surface area contributed by atoms with Gasteiger partial charge in [-0.25, -0.2) is 4.79 Å². The lowest BCUT2D eigenvalue weighted by Gasteiger charge is -2.27. The lowest BCUT2D eigenvalue weighted by molar-refractivity contribution is -0.138. The third kappa shape index (κ3) is 4.62. The number of carbonyl (C=O) groups excluding carboxylic acids is 1. The van der Waals surface area contributed by atoms with E-state index in [-0.39, 0.29) is 57.8 Å². The summed E-state index contributed by atoms with van der Waals surface area (Å²) in [5, 5.41) is 38.6. The highest BCUT2D eigenvalue weighted by atomic mass is 16.7. The highest BCUT2D eigenvalue weighted by molar-refractivity contribution is 5.93. The van der Waals surface area contributed by atoms with Gasteiger partial charge in [0.05, 0.1) is 6.42 Å². The zero-order chi connectivity index (χ0) is 25.3. The monoisotopic (exact) mass is 478 g/mol. The zero-order valence-corrected chi connectivity index (χ0v) is 18.8. The van der Waals surface area contributed by atoms with E-state index in [0.29, 0.717) is 11.1 Å². The fraction of sp³-hybridized carbons (Fsp3) is 0.154. The molecule has 180 valence electrons. The second-order valence-corrected chi connectivity index (χ2v) is 8.00. The third-order valence-electron chi connectivity index (χ3n) is 5.45. The van der Waals surface area contributed by atoms with Crippen molar-refractivity contribution in [1.82, 2.24) is 0 Å². The molecule has 1 aliphatic rings. The number of Topliss-reactive ketones (excluding diaryl/α,β-unsaturated/α-hetero) is 1. The lowest BCUT2D eigenvalue weighted by Crippen LogP contribution is -2.38. The molecule has 35 heavy (non-hydrogen) atoms. The molecule has 4 rings (SSSR count). The van der Waals surface area contributed by atoms with E-state index in [1.807, 2.05) is 0 Å². The normalized spacial score (nSPS) is 18.1. The van der Waals surface area contributed by atoms with E-state index in [9.17, 15) is 30.0 Å². The number of ketones is 1. The van der Waals surface area contributed by atoms with Crippen molar-refractivity contribution >= 4 is 29.6 Å². The minimum absolute atomic E-state index is 0.0556. The second-order valence-electron chi connectivity index (χ2n) is 8.00. The van der Waals surface area contributed by atoms with Gasteiger partial charge in [0.15, 0.2) is 23.0 Å². The molecular formula is C26H22O9. The number of fused-ring (bicyclic) bond motifs is 1. The Morgan fingerprint density at radius 3 is 2.17 bits per heavy atom. The van der Waals surface area contributed by atoms with E-state index in [4.69, 9.17) is 13.9 Å². The molecule has 1 aromatic heterocycles. The van der Waals surface area contributed by atoms with Crippen LogP contribution in [0.4, 0.5) is 0 Å². The van der Waals surface area contributed by atoms with Gasteiger partial charge in [-0.05, 0) is 54.5 Å². The van der Waals surface area contributed by atoms with Crippen LogP contribution in [0, 0.1) is 0 Å². The van der Waals surface area contributed by atoms with Crippen LogP contribution in [0.2, 0.25) is 0 Å². The van der Waals surface area contributed by atoms with Crippen LogP contribution >= 0.6 is 0 Å². The molecule has 3 aromatic rings. The van der Waals surface area contributed by atoms with Gasteiger partial charge in [-0.1, -0.05) is 18.2 Å². The molecule has 1 atom stereocenters. The van der Waals surface area contributed by atoms with Crippen molar-refractivity contribution in [3.63, 3.8) is 0 Å². The SMILES string of the molecule is COC1(CC(C)=O)Oc2cc(C=Cc3ccc(O)c(O)c3)oc(=O)c2/C1=C/c1ccc(O)c(O)c1. The van der Waals surface area contributed by atoms with Crippen LogP contribution in [-0.4, -0.2) is 39.1 Å². The minimum atomic E-state index is -1.61. The minimum Gasteiger partial charge on any atom is -0.504 e. The summed E-state index contributed by atoms with van der Waals surface area (Å²) in [6, 6.07) is 9.78. The number of hydrogen-bond donors (Lipinski definition) is 4. The van der Waals surface area contributed by atoms with Gasteiger partial charge >= 0.3 is 5.63 Å². The first kappa shape index (κ1) is 23.7. The molecule has 2 aromatic carbocycles. The number of methoxy groups -OCH3 is 1. The van der Waals surface area contributed by atoms with Crippen LogP contribution in [-0.2, 0) is 9.53 Å². The van der Waals surface area contributed by atoms with E-state index in [1.54, 1.807) is 12.1 Å². The summed E-state index contributed by atoms with van der Waals surface area (Å²) in [6.45, 7) is 1.36. The van der Waals surface area contributed by atoms with Gasteiger partial charge in [0.25, 0.3) is 0 Å². The number of hydrogen-bond acceptors (Lipinski definition) is 9. The van der Waals surface area contributed by atoms with Crippen LogP contribution in [0.1, 0.15) is 35.8 Å². The van der Waals surface area contributed by atoms with Crippen molar-refractivity contribution in [3.05, 3.63) is 75.3 Å². The Bertz CT molecular complexity index is 1430. The number of aromatic hydroxyl groups is 4. The summed E-state index contributed by atoms with van der Waals surface area (Å²) >= 11 is 0. The van der Waals surface area contributed by atoms with Gasteiger partial charge in [0.1, 0.15) is 22.9 Å². The Balaban J connectivity index is 1.81. The first-order chi connectivity index (χ1) is 16.6. The molecule has 9 heteroatoms. The molecule has 0 aliphatic carbocycles. The maximum atomic E-state index is 13.0. The lowest BCUT2D eigenvalue weighted by atomic mass is 9.94. The standard InChI is InChI=1S/C26H22O9/c1-14(27)13-26(33-2)18(9-16-5-8-20(29)22(31)11-16)24-23(35-26)12-17(34-25(24)32)6-3-15-4-7-19(28)21(30)10-15/h3-12,28-31H,13H2,1-2H3/b6-3?,18-9-. The van der Waals surface area contributed by atoms with E-state index in [2.05, 4.69) is 0 Å². The summed E-state index contributed by atoms with van der Waals surface area (Å²) in [5.74, 6) is -2.82.